The Labute approximate surface area is 150 Å². The van der Waals surface area contributed by atoms with Crippen molar-refractivity contribution in [3.05, 3.63) is 57.1 Å². The molecule has 2 N–H and O–H groups in total. The third-order valence-electron chi connectivity index (χ3n) is 3.88. The molecule has 0 bridgehead atoms. The number of nitrogens with zero attached hydrogens (tertiary/aromatic N) is 1. The third-order valence-corrected chi connectivity index (χ3v) is 5.56. The van der Waals surface area contributed by atoms with Crippen molar-refractivity contribution in [1.29, 1.82) is 0 Å². The van der Waals surface area contributed by atoms with Crippen LogP contribution in [-0.2, 0) is 10.0 Å². The van der Waals surface area contributed by atoms with Gasteiger partial charge < -0.3 is 5.11 Å². The normalized spacial score (nSPS) is 12.6. The molecular formula is C16H17ClN2O5S. The van der Waals surface area contributed by atoms with Gasteiger partial charge in [0, 0.05) is 0 Å². The lowest BCUT2D eigenvalue weighted by atomic mass is 9.99. The van der Waals surface area contributed by atoms with Crippen LogP contribution in [0.15, 0.2) is 41.3 Å². The van der Waals surface area contributed by atoms with Crippen LogP contribution in [-0.4, -0.2) is 18.4 Å². The van der Waals surface area contributed by atoms with Gasteiger partial charge in [0.1, 0.15) is 10.8 Å². The number of aromatic hydroxyl groups is 1. The molecule has 0 aromatic heterocycles. The van der Waals surface area contributed by atoms with Gasteiger partial charge in [-0.25, -0.2) is 8.42 Å². The van der Waals surface area contributed by atoms with Crippen molar-refractivity contribution in [2.45, 2.75) is 31.1 Å². The van der Waals surface area contributed by atoms with Gasteiger partial charge in [0.05, 0.1) is 21.6 Å². The quantitative estimate of drug-likeness (QED) is 0.439. The van der Waals surface area contributed by atoms with Crippen LogP contribution in [0.2, 0.25) is 5.02 Å². The van der Waals surface area contributed by atoms with E-state index in [1.54, 1.807) is 12.1 Å². The standard InChI is InChI=1S/C16H17ClN2O5S/c1-3-10(2)11-4-6-12(7-5-11)25(23,24)18-14-8-13(17)15(19(21)22)9-16(14)20/h4-10,18,20H,3H2,1-2H3/t10-/m0/s1. The van der Waals surface area contributed by atoms with E-state index < -0.39 is 26.4 Å². The van der Waals surface area contributed by atoms with Crippen LogP contribution < -0.4 is 4.72 Å². The van der Waals surface area contributed by atoms with Gasteiger partial charge >= 0.3 is 0 Å². The number of phenolic OH excluding ortho intramolecular Hbond substituents is 1. The molecule has 0 aliphatic heterocycles. The maximum Gasteiger partial charge on any atom is 0.291 e. The van der Waals surface area contributed by atoms with E-state index in [9.17, 15) is 23.6 Å². The first-order valence-corrected chi connectivity index (χ1v) is 9.31. The second-order valence-electron chi connectivity index (χ2n) is 5.56. The molecule has 0 aliphatic carbocycles. The molecule has 0 unspecified atom stereocenters. The molecule has 7 nitrogen and oxygen atoms in total. The van der Waals surface area contributed by atoms with E-state index >= 15 is 0 Å². The minimum atomic E-state index is -3.97. The first-order chi connectivity index (χ1) is 11.7. The Bertz CT molecular complexity index is 897. The highest BCUT2D eigenvalue weighted by atomic mass is 35.5. The number of anilines is 1. The number of rotatable bonds is 6. The van der Waals surface area contributed by atoms with Gasteiger partial charge in [-0.2, -0.15) is 0 Å². The van der Waals surface area contributed by atoms with E-state index in [1.807, 2.05) is 13.8 Å². The first kappa shape index (κ1) is 19.0. The van der Waals surface area contributed by atoms with Gasteiger partial charge in [0.2, 0.25) is 0 Å². The zero-order chi connectivity index (χ0) is 18.8. The Morgan fingerprint density at radius 1 is 1.28 bits per heavy atom. The fourth-order valence-corrected chi connectivity index (χ4v) is 3.49. The summed E-state index contributed by atoms with van der Waals surface area (Å²) in [6.07, 6.45) is 0.930. The van der Waals surface area contributed by atoms with Crippen LogP contribution in [0.4, 0.5) is 11.4 Å². The average molecular weight is 385 g/mol. The Morgan fingerprint density at radius 2 is 1.88 bits per heavy atom. The number of nitrogens with one attached hydrogen (secondary N) is 1. The minimum absolute atomic E-state index is 0.00780. The topological polar surface area (TPSA) is 110 Å². The van der Waals surface area contributed by atoms with E-state index in [-0.39, 0.29) is 15.6 Å². The highest BCUT2D eigenvalue weighted by Crippen LogP contribution is 2.36. The summed E-state index contributed by atoms with van der Waals surface area (Å²) in [7, 11) is -3.97. The molecule has 0 saturated carbocycles. The molecule has 0 heterocycles. The summed E-state index contributed by atoms with van der Waals surface area (Å²) in [6.45, 7) is 4.08. The van der Waals surface area contributed by atoms with E-state index in [4.69, 9.17) is 11.6 Å². The average Bonchev–Trinajstić information content (AvgIpc) is 2.56. The molecule has 2 aromatic carbocycles. The summed E-state index contributed by atoms with van der Waals surface area (Å²) in [5, 5.41) is 20.3. The van der Waals surface area contributed by atoms with Crippen molar-refractivity contribution in [2.24, 2.45) is 0 Å². The van der Waals surface area contributed by atoms with E-state index in [0.717, 1.165) is 24.1 Å². The van der Waals surface area contributed by atoms with Crippen molar-refractivity contribution < 1.29 is 18.4 Å². The monoisotopic (exact) mass is 384 g/mol. The summed E-state index contributed by atoms with van der Waals surface area (Å²) in [4.78, 5) is 10.0. The lowest BCUT2D eigenvalue weighted by molar-refractivity contribution is -0.384. The number of phenols is 1. The summed E-state index contributed by atoms with van der Waals surface area (Å²) in [5.74, 6) is -0.280. The summed E-state index contributed by atoms with van der Waals surface area (Å²) in [6, 6.07) is 8.19. The molecule has 0 fully saturated rings. The molecular weight excluding hydrogens is 368 g/mol. The molecule has 9 heteroatoms. The maximum absolute atomic E-state index is 12.4. The van der Waals surface area contributed by atoms with Gasteiger partial charge in [0.15, 0.2) is 0 Å². The molecule has 0 aliphatic rings. The summed E-state index contributed by atoms with van der Waals surface area (Å²) >= 11 is 5.76. The van der Waals surface area contributed by atoms with Gasteiger partial charge in [-0.1, -0.05) is 37.6 Å². The summed E-state index contributed by atoms with van der Waals surface area (Å²) < 4.78 is 27.1. The number of hydrogen-bond acceptors (Lipinski definition) is 5. The SMILES string of the molecule is CC[C@H](C)c1ccc(S(=O)(=O)Nc2cc(Cl)c([N+](=O)[O-])cc2O)cc1. The Kier molecular flexibility index (Phi) is 5.54. The molecule has 0 amide bonds. The molecule has 0 spiro atoms. The zero-order valence-electron chi connectivity index (χ0n) is 13.6. The predicted octanol–water partition coefficient (Wildman–Crippen LogP) is 4.27. The van der Waals surface area contributed by atoms with Crippen molar-refractivity contribution >= 4 is 33.0 Å². The number of nitro benzene ring substituents is 1. The summed E-state index contributed by atoms with van der Waals surface area (Å²) in [5.41, 5.74) is 0.268. The van der Waals surface area contributed by atoms with Crippen LogP contribution in [0, 0.1) is 10.1 Å². The number of hydrogen-bond donors (Lipinski definition) is 2. The van der Waals surface area contributed by atoms with Crippen LogP contribution in [0.1, 0.15) is 31.7 Å². The number of nitro groups is 1. The van der Waals surface area contributed by atoms with Gasteiger partial charge in [-0.05, 0) is 36.1 Å². The minimum Gasteiger partial charge on any atom is -0.505 e. The molecule has 1 atom stereocenters. The third kappa shape index (κ3) is 4.21. The molecule has 2 rings (SSSR count). The molecule has 0 saturated heterocycles. The fraction of sp³-hybridized carbons (Fsp3) is 0.250. The largest absolute Gasteiger partial charge is 0.505 e. The van der Waals surface area contributed by atoms with Crippen LogP contribution in [0.3, 0.4) is 0 Å². The van der Waals surface area contributed by atoms with Crippen LogP contribution in [0.25, 0.3) is 0 Å². The fourth-order valence-electron chi connectivity index (χ4n) is 2.19. The highest BCUT2D eigenvalue weighted by Gasteiger charge is 2.21. The predicted molar refractivity (Wildman–Crippen MR) is 95.7 cm³/mol. The lowest BCUT2D eigenvalue weighted by Gasteiger charge is -2.12. The Morgan fingerprint density at radius 3 is 2.40 bits per heavy atom. The van der Waals surface area contributed by atoms with E-state index in [1.165, 1.54) is 12.1 Å². The smallest absolute Gasteiger partial charge is 0.291 e. The molecule has 2 aromatic rings. The molecule has 0 radical (unpaired) electrons. The first-order valence-electron chi connectivity index (χ1n) is 7.45. The maximum atomic E-state index is 12.4. The Balaban J connectivity index is 2.33. The van der Waals surface area contributed by atoms with Gasteiger partial charge in [-0.15, -0.1) is 0 Å². The second-order valence-corrected chi connectivity index (χ2v) is 7.65. The van der Waals surface area contributed by atoms with Crippen LogP contribution in [0.5, 0.6) is 5.75 Å². The lowest BCUT2D eigenvalue weighted by Crippen LogP contribution is -2.13. The number of halogens is 1. The van der Waals surface area contributed by atoms with Gasteiger partial charge in [0.25, 0.3) is 15.7 Å². The van der Waals surface area contributed by atoms with Crippen molar-refractivity contribution in [3.63, 3.8) is 0 Å². The van der Waals surface area contributed by atoms with Crippen molar-refractivity contribution in [2.75, 3.05) is 4.72 Å². The van der Waals surface area contributed by atoms with Crippen molar-refractivity contribution in [3.8, 4) is 5.75 Å². The van der Waals surface area contributed by atoms with Gasteiger partial charge in [-0.3, -0.25) is 14.8 Å². The Hall–Kier alpha value is -2.32. The number of benzene rings is 2. The van der Waals surface area contributed by atoms with Crippen molar-refractivity contribution in [1.82, 2.24) is 0 Å². The van der Waals surface area contributed by atoms with E-state index in [2.05, 4.69) is 4.72 Å². The number of sulfonamides is 1. The zero-order valence-corrected chi connectivity index (χ0v) is 15.1. The van der Waals surface area contributed by atoms with Crippen LogP contribution >= 0.6 is 11.6 Å². The van der Waals surface area contributed by atoms with E-state index in [0.29, 0.717) is 5.92 Å². The second kappa shape index (κ2) is 7.28. The molecule has 25 heavy (non-hydrogen) atoms. The molecule has 134 valence electrons. The highest BCUT2D eigenvalue weighted by molar-refractivity contribution is 7.92.